The van der Waals surface area contributed by atoms with Crippen molar-refractivity contribution in [3.63, 3.8) is 0 Å². The van der Waals surface area contributed by atoms with Gasteiger partial charge in [0.1, 0.15) is 0 Å². The number of carbonyl (C=O) groups excluding carboxylic acids is 1. The molecule has 0 bridgehead atoms. The number of benzene rings is 2. The number of para-hydroxylation sites is 1. The molecule has 136 valence electrons. The van der Waals surface area contributed by atoms with E-state index in [1.807, 2.05) is 53.4 Å². The van der Waals surface area contributed by atoms with Crippen molar-refractivity contribution in [2.75, 3.05) is 38.0 Å². The van der Waals surface area contributed by atoms with Gasteiger partial charge in [-0.25, -0.2) is 4.79 Å². The molecule has 4 heteroatoms. The van der Waals surface area contributed by atoms with Gasteiger partial charge in [-0.05, 0) is 43.6 Å². The van der Waals surface area contributed by atoms with Gasteiger partial charge < -0.3 is 15.1 Å². The van der Waals surface area contributed by atoms with Crippen molar-refractivity contribution in [3.05, 3.63) is 72.3 Å². The van der Waals surface area contributed by atoms with Crippen LogP contribution >= 0.6 is 0 Å². The van der Waals surface area contributed by atoms with Gasteiger partial charge in [0.2, 0.25) is 0 Å². The molecule has 0 saturated carbocycles. The van der Waals surface area contributed by atoms with E-state index in [0.29, 0.717) is 6.54 Å². The summed E-state index contributed by atoms with van der Waals surface area (Å²) < 4.78 is 0. The predicted octanol–water partition coefficient (Wildman–Crippen LogP) is 4.33. The zero-order valence-corrected chi connectivity index (χ0v) is 15.2. The quantitative estimate of drug-likeness (QED) is 0.807. The minimum Gasteiger partial charge on any atom is -0.320 e. The number of urea groups is 1. The Morgan fingerprint density at radius 2 is 1.65 bits per heavy atom. The molecular formula is C22H27N3O. The number of rotatable bonds is 7. The van der Waals surface area contributed by atoms with Crippen molar-refractivity contribution >= 4 is 17.8 Å². The van der Waals surface area contributed by atoms with Crippen molar-refractivity contribution in [1.29, 1.82) is 0 Å². The van der Waals surface area contributed by atoms with Crippen LogP contribution in [0.1, 0.15) is 18.4 Å². The van der Waals surface area contributed by atoms with Crippen LogP contribution in [-0.2, 0) is 0 Å². The van der Waals surface area contributed by atoms with Gasteiger partial charge in [0.25, 0.3) is 0 Å². The van der Waals surface area contributed by atoms with E-state index in [1.165, 1.54) is 12.8 Å². The number of amides is 2. The monoisotopic (exact) mass is 349 g/mol. The molecule has 1 saturated heterocycles. The number of nitrogens with zero attached hydrogens (tertiary/aromatic N) is 2. The van der Waals surface area contributed by atoms with Crippen molar-refractivity contribution in [2.45, 2.75) is 12.8 Å². The normalized spacial score (nSPS) is 14.6. The SMILES string of the molecule is O=C(Nc1ccccc1)N(C/C=C/c1ccccc1)CCN1CCCC1. The van der Waals surface area contributed by atoms with Crippen LogP contribution in [0.25, 0.3) is 6.08 Å². The third kappa shape index (κ3) is 5.74. The van der Waals surface area contributed by atoms with Crippen molar-refractivity contribution in [1.82, 2.24) is 9.80 Å². The zero-order valence-electron chi connectivity index (χ0n) is 15.2. The van der Waals surface area contributed by atoms with Crippen LogP contribution in [-0.4, -0.2) is 48.6 Å². The highest BCUT2D eigenvalue weighted by molar-refractivity contribution is 5.89. The molecule has 0 unspecified atom stereocenters. The molecule has 1 aliphatic heterocycles. The number of hydrogen-bond donors (Lipinski definition) is 1. The first kappa shape index (κ1) is 18.2. The molecule has 1 N–H and O–H groups in total. The lowest BCUT2D eigenvalue weighted by Gasteiger charge is -2.24. The van der Waals surface area contributed by atoms with E-state index in [1.54, 1.807) is 0 Å². The molecule has 26 heavy (non-hydrogen) atoms. The van der Waals surface area contributed by atoms with Crippen molar-refractivity contribution in [2.24, 2.45) is 0 Å². The van der Waals surface area contributed by atoms with Crippen LogP contribution in [0.5, 0.6) is 0 Å². The van der Waals surface area contributed by atoms with E-state index >= 15 is 0 Å². The largest absolute Gasteiger partial charge is 0.322 e. The number of nitrogens with one attached hydrogen (secondary N) is 1. The average Bonchev–Trinajstić information content (AvgIpc) is 3.19. The Morgan fingerprint density at radius 1 is 1.00 bits per heavy atom. The zero-order chi connectivity index (χ0) is 18.0. The molecule has 1 aliphatic rings. The average molecular weight is 349 g/mol. The van der Waals surface area contributed by atoms with Gasteiger partial charge in [0.05, 0.1) is 0 Å². The number of carbonyl (C=O) groups is 1. The molecule has 0 radical (unpaired) electrons. The molecule has 2 aromatic rings. The molecular weight excluding hydrogens is 322 g/mol. The maximum absolute atomic E-state index is 12.7. The van der Waals surface area contributed by atoms with Crippen molar-refractivity contribution in [3.8, 4) is 0 Å². The number of anilines is 1. The minimum absolute atomic E-state index is 0.0480. The van der Waals surface area contributed by atoms with Gasteiger partial charge >= 0.3 is 6.03 Å². The highest BCUT2D eigenvalue weighted by Crippen LogP contribution is 2.10. The van der Waals surface area contributed by atoms with Crippen LogP contribution in [0, 0.1) is 0 Å². The Kier molecular flexibility index (Phi) is 6.85. The van der Waals surface area contributed by atoms with Gasteiger partial charge in [-0.1, -0.05) is 60.7 Å². The molecule has 0 aromatic heterocycles. The Hall–Kier alpha value is -2.59. The summed E-state index contributed by atoms with van der Waals surface area (Å²) >= 11 is 0. The topological polar surface area (TPSA) is 35.6 Å². The standard InChI is InChI=1S/C22H27N3O/c26-22(23-21-13-5-2-6-14-21)25(19-18-24-15-7-8-16-24)17-9-12-20-10-3-1-4-11-20/h1-6,9-14H,7-8,15-19H2,(H,23,26)/b12-9+. The fraction of sp³-hybridized carbons (Fsp3) is 0.318. The summed E-state index contributed by atoms with van der Waals surface area (Å²) in [6.07, 6.45) is 6.66. The van der Waals surface area contributed by atoms with Crippen LogP contribution in [0.4, 0.5) is 10.5 Å². The first-order chi connectivity index (χ1) is 12.8. The fourth-order valence-electron chi connectivity index (χ4n) is 3.15. The van der Waals surface area contributed by atoms with Crippen LogP contribution in [0.2, 0.25) is 0 Å². The molecule has 4 nitrogen and oxygen atoms in total. The molecule has 1 heterocycles. The molecule has 1 fully saturated rings. The maximum atomic E-state index is 12.7. The van der Waals surface area contributed by atoms with Gasteiger partial charge in [-0.3, -0.25) is 0 Å². The second-order valence-electron chi connectivity index (χ2n) is 6.60. The molecule has 2 aromatic carbocycles. The summed E-state index contributed by atoms with van der Waals surface area (Å²) in [6, 6.07) is 19.8. The highest BCUT2D eigenvalue weighted by Gasteiger charge is 2.16. The molecule has 2 amide bonds. The summed E-state index contributed by atoms with van der Waals surface area (Å²) in [4.78, 5) is 17.0. The maximum Gasteiger partial charge on any atom is 0.322 e. The summed E-state index contributed by atoms with van der Waals surface area (Å²) in [6.45, 7) is 4.56. The lowest BCUT2D eigenvalue weighted by atomic mass is 10.2. The van der Waals surface area contributed by atoms with Crippen LogP contribution in [0.3, 0.4) is 0 Å². The Morgan fingerprint density at radius 3 is 2.35 bits per heavy atom. The van der Waals surface area contributed by atoms with E-state index < -0.39 is 0 Å². The summed E-state index contributed by atoms with van der Waals surface area (Å²) in [5.74, 6) is 0. The Labute approximate surface area is 156 Å². The van der Waals surface area contributed by atoms with E-state index in [2.05, 4.69) is 34.5 Å². The fourth-order valence-corrected chi connectivity index (χ4v) is 3.15. The lowest BCUT2D eigenvalue weighted by Crippen LogP contribution is -2.40. The number of likely N-dealkylation sites (tertiary alicyclic amines) is 1. The number of hydrogen-bond acceptors (Lipinski definition) is 2. The predicted molar refractivity (Wildman–Crippen MR) is 108 cm³/mol. The Bertz CT molecular complexity index is 694. The van der Waals surface area contributed by atoms with E-state index in [9.17, 15) is 4.79 Å². The summed E-state index contributed by atoms with van der Waals surface area (Å²) in [7, 11) is 0. The van der Waals surface area contributed by atoms with E-state index in [-0.39, 0.29) is 6.03 Å². The first-order valence-corrected chi connectivity index (χ1v) is 9.36. The van der Waals surface area contributed by atoms with Crippen LogP contribution in [0.15, 0.2) is 66.7 Å². The third-order valence-electron chi connectivity index (χ3n) is 4.63. The first-order valence-electron chi connectivity index (χ1n) is 9.36. The lowest BCUT2D eigenvalue weighted by molar-refractivity contribution is 0.207. The molecule has 3 rings (SSSR count). The van der Waals surface area contributed by atoms with Gasteiger partial charge in [-0.15, -0.1) is 0 Å². The highest BCUT2D eigenvalue weighted by atomic mass is 16.2. The van der Waals surface area contributed by atoms with Gasteiger partial charge in [-0.2, -0.15) is 0 Å². The Balaban J connectivity index is 1.60. The molecule has 0 aliphatic carbocycles. The van der Waals surface area contributed by atoms with Crippen LogP contribution < -0.4 is 5.32 Å². The van der Waals surface area contributed by atoms with Gasteiger partial charge in [0, 0.05) is 25.3 Å². The van der Waals surface area contributed by atoms with Crippen molar-refractivity contribution < 1.29 is 4.79 Å². The van der Waals surface area contributed by atoms with Gasteiger partial charge in [0.15, 0.2) is 0 Å². The summed E-state index contributed by atoms with van der Waals surface area (Å²) in [5.41, 5.74) is 1.98. The molecule has 0 atom stereocenters. The third-order valence-corrected chi connectivity index (χ3v) is 4.63. The smallest absolute Gasteiger partial charge is 0.320 e. The summed E-state index contributed by atoms with van der Waals surface area (Å²) in [5, 5.41) is 3.00. The van der Waals surface area contributed by atoms with E-state index in [4.69, 9.17) is 0 Å². The molecule has 0 spiro atoms. The minimum atomic E-state index is -0.0480. The van der Waals surface area contributed by atoms with E-state index in [0.717, 1.165) is 37.4 Å². The second kappa shape index (κ2) is 9.78. The second-order valence-corrected chi connectivity index (χ2v) is 6.60.